The van der Waals surface area contributed by atoms with Gasteiger partial charge in [0.05, 0.1) is 0 Å². The van der Waals surface area contributed by atoms with Crippen molar-refractivity contribution in [2.45, 2.75) is 66.2 Å². The molecule has 2 heteroatoms. The smallest absolute Gasteiger partial charge is 0.140 e. The molecule has 0 aliphatic carbocycles. The number of benzene rings is 1. The summed E-state index contributed by atoms with van der Waals surface area (Å²) in [6.45, 7) is 10.9. The third kappa shape index (κ3) is 7.66. The van der Waals surface area contributed by atoms with E-state index >= 15 is 0 Å². The number of hydrogen-bond acceptors (Lipinski definition) is 1. The lowest BCUT2D eigenvalue weighted by Crippen LogP contribution is -3.00. The minimum atomic E-state index is 0. The summed E-state index contributed by atoms with van der Waals surface area (Å²) in [7, 11) is 0. The molecule has 21 heavy (non-hydrogen) atoms. The van der Waals surface area contributed by atoms with Gasteiger partial charge in [0.2, 0.25) is 0 Å². The van der Waals surface area contributed by atoms with Crippen LogP contribution in [0.5, 0.6) is 0 Å². The Hall–Kier alpha value is -0.820. The Balaban J connectivity index is 0.00000400. The molecular weight excluding hydrogens is 280 g/mol. The Morgan fingerprint density at radius 2 is 1.52 bits per heavy atom. The van der Waals surface area contributed by atoms with Crippen LogP contribution in [0, 0.1) is 11.8 Å². The van der Waals surface area contributed by atoms with Crippen LogP contribution in [0.2, 0.25) is 0 Å². The topological polar surface area (TPSA) is 17.1 Å². The minimum absolute atomic E-state index is 0. The highest BCUT2D eigenvalue weighted by Crippen LogP contribution is 2.21. The molecule has 0 saturated heterocycles. The van der Waals surface area contributed by atoms with Crippen molar-refractivity contribution in [1.82, 2.24) is 0 Å². The third-order valence-electron chi connectivity index (χ3n) is 3.81. The van der Waals surface area contributed by atoms with Crippen molar-refractivity contribution in [3.63, 3.8) is 0 Å². The van der Waals surface area contributed by atoms with Crippen LogP contribution in [-0.4, -0.2) is 5.78 Å². The third-order valence-corrected chi connectivity index (χ3v) is 3.81. The van der Waals surface area contributed by atoms with Gasteiger partial charge in [-0.3, -0.25) is 4.79 Å². The molecule has 0 spiro atoms. The van der Waals surface area contributed by atoms with Crippen molar-refractivity contribution in [2.24, 2.45) is 11.8 Å². The van der Waals surface area contributed by atoms with E-state index < -0.39 is 0 Å². The van der Waals surface area contributed by atoms with Crippen LogP contribution in [0.15, 0.2) is 24.3 Å². The zero-order valence-electron chi connectivity index (χ0n) is 14.2. The Bertz CT molecular complexity index is 406. The van der Waals surface area contributed by atoms with Crippen LogP contribution >= 0.6 is 0 Å². The molecule has 0 aliphatic heterocycles. The monoisotopic (exact) mass is 309 g/mol. The summed E-state index contributed by atoms with van der Waals surface area (Å²) < 4.78 is 0. The summed E-state index contributed by atoms with van der Waals surface area (Å²) >= 11 is 0. The first kappa shape index (κ1) is 20.2. The first-order chi connectivity index (χ1) is 9.40. The van der Waals surface area contributed by atoms with Gasteiger partial charge in [-0.1, -0.05) is 65.3 Å². The molecule has 0 fully saturated rings. The lowest BCUT2D eigenvalue weighted by Gasteiger charge is -2.13. The van der Waals surface area contributed by atoms with Crippen LogP contribution in [0.1, 0.15) is 70.9 Å². The molecule has 0 amide bonds. The molecule has 0 radical (unpaired) electrons. The average Bonchev–Trinajstić information content (AvgIpc) is 2.37. The molecule has 0 N–H and O–H groups in total. The number of rotatable bonds is 8. The van der Waals surface area contributed by atoms with E-state index in [1.165, 1.54) is 5.56 Å². The highest BCUT2D eigenvalue weighted by molar-refractivity contribution is 5.85. The predicted octanol–water partition coefficient (Wildman–Crippen LogP) is 2.39. The van der Waals surface area contributed by atoms with Crippen LogP contribution in [0.4, 0.5) is 0 Å². The zero-order chi connectivity index (χ0) is 15.1. The molecule has 0 saturated carbocycles. The molecule has 0 heterocycles. The first-order valence-corrected chi connectivity index (χ1v) is 8.01. The Labute approximate surface area is 136 Å². The number of carbonyl (C=O) groups is 1. The second-order valence-corrected chi connectivity index (χ2v) is 6.81. The van der Waals surface area contributed by atoms with Crippen LogP contribution < -0.4 is 12.4 Å². The van der Waals surface area contributed by atoms with Gasteiger partial charge < -0.3 is 12.4 Å². The van der Waals surface area contributed by atoms with Crippen molar-refractivity contribution in [3.05, 3.63) is 35.4 Å². The maximum absolute atomic E-state index is 12.2. The van der Waals surface area contributed by atoms with E-state index in [1.807, 2.05) is 6.92 Å². The van der Waals surface area contributed by atoms with E-state index in [9.17, 15) is 4.79 Å². The number of halogens is 1. The molecule has 1 nitrogen and oxygen atoms in total. The standard InChI is InChI=1S/C19H30O.ClH/c1-14(2)7-6-8-19(20)16(5)18-11-9-17(10-12-18)13-15(3)4;/h9-12,14-16H,6-8,13H2,1-5H3;1H/p-1/t16-;/m1./s1. The van der Waals surface area contributed by atoms with Gasteiger partial charge in [0.1, 0.15) is 5.78 Å². The molecule has 120 valence electrons. The van der Waals surface area contributed by atoms with E-state index in [4.69, 9.17) is 0 Å². The van der Waals surface area contributed by atoms with Gasteiger partial charge in [-0.15, -0.1) is 0 Å². The van der Waals surface area contributed by atoms with Crippen molar-refractivity contribution < 1.29 is 17.2 Å². The molecular formula is C19H30ClO-. The molecule has 0 bridgehead atoms. The molecule has 1 aromatic rings. The number of carbonyl (C=O) groups excluding carboxylic acids is 1. The van der Waals surface area contributed by atoms with Crippen molar-refractivity contribution in [1.29, 1.82) is 0 Å². The fourth-order valence-electron chi connectivity index (χ4n) is 2.50. The Morgan fingerprint density at radius 1 is 0.952 bits per heavy atom. The molecule has 0 aliphatic rings. The SMILES string of the molecule is CC(C)CCCC(=O)[C@H](C)c1ccc(CC(C)C)cc1.[Cl-]. The summed E-state index contributed by atoms with van der Waals surface area (Å²) in [5.41, 5.74) is 2.52. The normalized spacial score (nSPS) is 12.3. The van der Waals surface area contributed by atoms with Crippen LogP contribution in [-0.2, 0) is 11.2 Å². The maximum Gasteiger partial charge on any atom is 0.140 e. The molecule has 0 aromatic heterocycles. The summed E-state index contributed by atoms with van der Waals surface area (Å²) in [5, 5.41) is 0. The molecule has 1 aromatic carbocycles. The lowest BCUT2D eigenvalue weighted by molar-refractivity contribution is -0.120. The van der Waals surface area contributed by atoms with Crippen molar-refractivity contribution in [3.8, 4) is 0 Å². The molecule has 0 unspecified atom stereocenters. The predicted molar refractivity (Wildman–Crippen MR) is 87.1 cm³/mol. The van der Waals surface area contributed by atoms with Gasteiger partial charge in [0.25, 0.3) is 0 Å². The van der Waals surface area contributed by atoms with E-state index in [0.717, 1.165) is 24.8 Å². The summed E-state index contributed by atoms with van der Waals surface area (Å²) in [5.74, 6) is 1.78. The van der Waals surface area contributed by atoms with E-state index in [-0.39, 0.29) is 18.3 Å². The quantitative estimate of drug-likeness (QED) is 0.720. The number of ketones is 1. The highest BCUT2D eigenvalue weighted by Gasteiger charge is 2.14. The fraction of sp³-hybridized carbons (Fsp3) is 0.632. The molecule has 1 atom stereocenters. The highest BCUT2D eigenvalue weighted by atomic mass is 35.5. The van der Waals surface area contributed by atoms with E-state index in [0.29, 0.717) is 24.0 Å². The van der Waals surface area contributed by atoms with Gasteiger partial charge in [0, 0.05) is 12.3 Å². The fourth-order valence-corrected chi connectivity index (χ4v) is 2.50. The average molecular weight is 310 g/mol. The zero-order valence-corrected chi connectivity index (χ0v) is 14.9. The van der Waals surface area contributed by atoms with Crippen LogP contribution in [0.25, 0.3) is 0 Å². The largest absolute Gasteiger partial charge is 1.00 e. The Kier molecular flexibility index (Phi) is 9.61. The summed E-state index contributed by atoms with van der Waals surface area (Å²) in [4.78, 5) is 12.2. The van der Waals surface area contributed by atoms with Gasteiger partial charge in [0.15, 0.2) is 0 Å². The second kappa shape index (κ2) is 10.00. The van der Waals surface area contributed by atoms with Gasteiger partial charge in [-0.25, -0.2) is 0 Å². The summed E-state index contributed by atoms with van der Waals surface area (Å²) in [6.07, 6.45) is 3.99. The van der Waals surface area contributed by atoms with Gasteiger partial charge >= 0.3 is 0 Å². The van der Waals surface area contributed by atoms with Crippen molar-refractivity contribution in [2.75, 3.05) is 0 Å². The van der Waals surface area contributed by atoms with E-state index in [1.54, 1.807) is 0 Å². The second-order valence-electron chi connectivity index (χ2n) is 6.81. The van der Waals surface area contributed by atoms with E-state index in [2.05, 4.69) is 52.0 Å². The van der Waals surface area contributed by atoms with Gasteiger partial charge in [-0.05, 0) is 35.8 Å². The Morgan fingerprint density at radius 3 is 2.00 bits per heavy atom. The number of Topliss-reactive ketones (excluding diaryl/α,β-unsaturated/α-hetero) is 1. The molecule has 1 rings (SSSR count). The first-order valence-electron chi connectivity index (χ1n) is 8.01. The van der Waals surface area contributed by atoms with Gasteiger partial charge in [-0.2, -0.15) is 0 Å². The lowest BCUT2D eigenvalue weighted by atomic mass is 9.91. The minimum Gasteiger partial charge on any atom is -1.00 e. The van der Waals surface area contributed by atoms with Crippen molar-refractivity contribution >= 4 is 5.78 Å². The maximum atomic E-state index is 12.2. The van der Waals surface area contributed by atoms with Crippen LogP contribution in [0.3, 0.4) is 0 Å². The summed E-state index contributed by atoms with van der Waals surface area (Å²) in [6, 6.07) is 8.60. The number of hydrogen-bond donors (Lipinski definition) is 0.